The van der Waals surface area contributed by atoms with E-state index in [0.717, 1.165) is 19.5 Å². The highest BCUT2D eigenvalue weighted by Gasteiger charge is 2.19. The Morgan fingerprint density at radius 3 is 2.81 bits per heavy atom. The van der Waals surface area contributed by atoms with Crippen LogP contribution >= 0.6 is 0 Å². The molecule has 1 unspecified atom stereocenters. The van der Waals surface area contributed by atoms with Gasteiger partial charge in [0.05, 0.1) is 5.75 Å². The van der Waals surface area contributed by atoms with Crippen LogP contribution in [0.1, 0.15) is 12.8 Å². The maximum Gasteiger partial charge on any atom is 0.212 e. The van der Waals surface area contributed by atoms with Gasteiger partial charge in [0.15, 0.2) is 0 Å². The molecule has 0 aromatic heterocycles. The van der Waals surface area contributed by atoms with Crippen molar-refractivity contribution in [3.8, 4) is 0 Å². The Bertz CT molecular complexity index is 292. The van der Waals surface area contributed by atoms with Crippen LogP contribution in [0.2, 0.25) is 0 Å². The van der Waals surface area contributed by atoms with E-state index in [0.29, 0.717) is 19.0 Å². The number of hydrogen-bond acceptors (Lipinski definition) is 4. The first-order valence-corrected chi connectivity index (χ1v) is 7.49. The molecule has 1 aliphatic rings. The van der Waals surface area contributed by atoms with Gasteiger partial charge in [-0.25, -0.2) is 13.1 Å². The molecule has 1 heterocycles. The van der Waals surface area contributed by atoms with Gasteiger partial charge in [-0.15, -0.1) is 0 Å². The fourth-order valence-corrected chi connectivity index (χ4v) is 3.10. The molecule has 1 fully saturated rings. The van der Waals surface area contributed by atoms with E-state index in [1.165, 1.54) is 6.42 Å². The molecule has 2 N–H and O–H groups in total. The number of rotatable bonds is 6. The van der Waals surface area contributed by atoms with E-state index in [9.17, 15) is 8.42 Å². The van der Waals surface area contributed by atoms with Crippen LogP contribution in [-0.2, 0) is 10.0 Å². The summed E-state index contributed by atoms with van der Waals surface area (Å²) in [6.07, 6.45) is 2.29. The van der Waals surface area contributed by atoms with Crippen LogP contribution in [-0.4, -0.2) is 59.3 Å². The highest BCUT2D eigenvalue weighted by atomic mass is 32.2. The van der Waals surface area contributed by atoms with E-state index < -0.39 is 10.0 Å². The highest BCUT2D eigenvalue weighted by Crippen LogP contribution is 2.14. The summed E-state index contributed by atoms with van der Waals surface area (Å²) >= 11 is 0. The number of nitrogens with zero attached hydrogens (tertiary/aromatic N) is 1. The summed E-state index contributed by atoms with van der Waals surface area (Å²) in [5.41, 5.74) is 0. The van der Waals surface area contributed by atoms with Crippen LogP contribution in [0.5, 0.6) is 0 Å². The second-order valence-electron chi connectivity index (χ2n) is 4.54. The van der Waals surface area contributed by atoms with Gasteiger partial charge in [-0.3, -0.25) is 0 Å². The van der Waals surface area contributed by atoms with E-state index in [2.05, 4.69) is 22.0 Å². The summed E-state index contributed by atoms with van der Waals surface area (Å²) < 4.78 is 25.8. The third-order valence-electron chi connectivity index (χ3n) is 2.93. The Hall–Kier alpha value is -0.170. The Balaban J connectivity index is 2.27. The second-order valence-corrected chi connectivity index (χ2v) is 6.47. The van der Waals surface area contributed by atoms with E-state index in [1.54, 1.807) is 7.05 Å². The molecule has 0 aliphatic carbocycles. The van der Waals surface area contributed by atoms with E-state index in [4.69, 9.17) is 0 Å². The van der Waals surface area contributed by atoms with Gasteiger partial charge < -0.3 is 10.2 Å². The summed E-state index contributed by atoms with van der Waals surface area (Å²) in [5.74, 6) is 0.620. The number of nitrogens with one attached hydrogen (secondary N) is 2. The molecular formula is C10H23N3O2S. The molecule has 0 aromatic rings. The van der Waals surface area contributed by atoms with Crippen LogP contribution in [0, 0.1) is 5.92 Å². The van der Waals surface area contributed by atoms with E-state index in [-0.39, 0.29) is 5.75 Å². The number of sulfonamides is 1. The minimum absolute atomic E-state index is 0.159. The summed E-state index contributed by atoms with van der Waals surface area (Å²) in [5, 5.41) is 2.84. The molecule has 0 aromatic carbocycles. The molecule has 5 nitrogen and oxygen atoms in total. The van der Waals surface area contributed by atoms with Crippen molar-refractivity contribution in [2.75, 3.05) is 46.0 Å². The smallest absolute Gasteiger partial charge is 0.212 e. The van der Waals surface area contributed by atoms with Gasteiger partial charge in [0, 0.05) is 19.6 Å². The third-order valence-corrected chi connectivity index (χ3v) is 4.28. The zero-order chi connectivity index (χ0) is 12.0. The van der Waals surface area contributed by atoms with Gasteiger partial charge in [0.1, 0.15) is 0 Å². The predicted molar refractivity (Wildman–Crippen MR) is 65.9 cm³/mol. The largest absolute Gasteiger partial charge is 0.319 e. The van der Waals surface area contributed by atoms with Crippen LogP contribution in [0.3, 0.4) is 0 Å². The van der Waals surface area contributed by atoms with Crippen molar-refractivity contribution < 1.29 is 8.42 Å². The SMILES string of the molecule is CNCCS(=O)(=O)NCC1CCCN(C)C1. The average Bonchev–Trinajstić information content (AvgIpc) is 2.24. The maximum absolute atomic E-state index is 11.5. The fourth-order valence-electron chi connectivity index (χ4n) is 1.99. The lowest BCUT2D eigenvalue weighted by molar-refractivity contribution is 0.211. The van der Waals surface area contributed by atoms with Crippen molar-refractivity contribution in [3.05, 3.63) is 0 Å². The first-order chi connectivity index (χ1) is 7.53. The summed E-state index contributed by atoms with van der Waals surface area (Å²) in [4.78, 5) is 2.26. The first-order valence-electron chi connectivity index (χ1n) is 5.84. The predicted octanol–water partition coefficient (Wildman–Crippen LogP) is -0.533. The minimum Gasteiger partial charge on any atom is -0.319 e. The molecule has 16 heavy (non-hydrogen) atoms. The van der Waals surface area contributed by atoms with Gasteiger partial charge in [-0.05, 0) is 39.4 Å². The molecule has 6 heteroatoms. The molecule has 1 aliphatic heterocycles. The quantitative estimate of drug-likeness (QED) is 0.664. The fraction of sp³-hybridized carbons (Fsp3) is 1.00. The van der Waals surface area contributed by atoms with Gasteiger partial charge in [-0.2, -0.15) is 0 Å². The van der Waals surface area contributed by atoms with Crippen molar-refractivity contribution in [2.45, 2.75) is 12.8 Å². The lowest BCUT2D eigenvalue weighted by Crippen LogP contribution is -2.40. The van der Waals surface area contributed by atoms with E-state index >= 15 is 0 Å². The maximum atomic E-state index is 11.5. The molecule has 0 radical (unpaired) electrons. The van der Waals surface area contributed by atoms with Gasteiger partial charge in [0.2, 0.25) is 10.0 Å². The zero-order valence-electron chi connectivity index (χ0n) is 10.2. The minimum atomic E-state index is -3.09. The van der Waals surface area contributed by atoms with Crippen LogP contribution in [0.15, 0.2) is 0 Å². The molecule has 1 saturated heterocycles. The van der Waals surface area contributed by atoms with Crippen molar-refractivity contribution in [1.82, 2.24) is 14.9 Å². The third kappa shape index (κ3) is 5.25. The summed E-state index contributed by atoms with van der Waals surface area (Å²) in [7, 11) is 0.749. The normalized spacial score (nSPS) is 23.5. The molecule has 1 rings (SSSR count). The monoisotopic (exact) mass is 249 g/mol. The Labute approximate surface area is 98.6 Å². The Morgan fingerprint density at radius 2 is 2.19 bits per heavy atom. The molecule has 96 valence electrons. The van der Waals surface area contributed by atoms with Crippen LogP contribution in [0.25, 0.3) is 0 Å². The lowest BCUT2D eigenvalue weighted by Gasteiger charge is -2.29. The molecule has 0 bridgehead atoms. The summed E-state index contributed by atoms with van der Waals surface area (Å²) in [6, 6.07) is 0. The average molecular weight is 249 g/mol. The number of hydrogen-bond donors (Lipinski definition) is 2. The standard InChI is InChI=1S/C10H23N3O2S/c1-11-5-7-16(14,15)12-8-10-4-3-6-13(2)9-10/h10-12H,3-9H2,1-2H3. The zero-order valence-corrected chi connectivity index (χ0v) is 11.0. The number of likely N-dealkylation sites (tertiary alicyclic amines) is 1. The van der Waals surface area contributed by atoms with Crippen molar-refractivity contribution in [3.63, 3.8) is 0 Å². The van der Waals surface area contributed by atoms with Gasteiger partial charge in [-0.1, -0.05) is 0 Å². The molecule has 1 atom stereocenters. The van der Waals surface area contributed by atoms with Crippen LogP contribution in [0.4, 0.5) is 0 Å². The Morgan fingerprint density at radius 1 is 1.44 bits per heavy atom. The van der Waals surface area contributed by atoms with Crippen molar-refractivity contribution >= 4 is 10.0 Å². The molecule has 0 amide bonds. The van der Waals surface area contributed by atoms with Crippen molar-refractivity contribution in [1.29, 1.82) is 0 Å². The van der Waals surface area contributed by atoms with Crippen LogP contribution < -0.4 is 10.0 Å². The van der Waals surface area contributed by atoms with Crippen molar-refractivity contribution in [2.24, 2.45) is 5.92 Å². The molecule has 0 spiro atoms. The first kappa shape index (κ1) is 13.9. The van der Waals surface area contributed by atoms with Gasteiger partial charge in [0.25, 0.3) is 0 Å². The van der Waals surface area contributed by atoms with E-state index in [1.807, 2.05) is 0 Å². The highest BCUT2D eigenvalue weighted by molar-refractivity contribution is 7.89. The molecular weight excluding hydrogens is 226 g/mol. The summed E-state index contributed by atoms with van der Waals surface area (Å²) in [6.45, 7) is 3.20. The number of piperidine rings is 1. The Kier molecular flexibility index (Phi) is 5.68. The topological polar surface area (TPSA) is 61.4 Å². The second kappa shape index (κ2) is 6.54. The molecule has 0 saturated carbocycles. The lowest BCUT2D eigenvalue weighted by atomic mass is 9.99. The van der Waals surface area contributed by atoms with Gasteiger partial charge >= 0.3 is 0 Å².